The Morgan fingerprint density at radius 3 is 2.52 bits per heavy atom. The first-order chi connectivity index (χ1) is 23.6. The van der Waals surface area contributed by atoms with Gasteiger partial charge in [-0.3, -0.25) is 14.4 Å². The molecule has 1 unspecified atom stereocenters. The van der Waals surface area contributed by atoms with Crippen molar-refractivity contribution in [3.8, 4) is 0 Å². The molecule has 50 heavy (non-hydrogen) atoms. The smallest absolute Gasteiger partial charge is 0.331 e. The number of hydrogen-bond donors (Lipinski definition) is 3. The molecule has 0 aromatic carbocycles. The van der Waals surface area contributed by atoms with Crippen molar-refractivity contribution in [3.05, 3.63) is 36.1 Å². The summed E-state index contributed by atoms with van der Waals surface area (Å²) in [6, 6.07) is 0. The predicted molar refractivity (Wildman–Crippen MR) is 181 cm³/mol. The average molecular weight is 702 g/mol. The van der Waals surface area contributed by atoms with Crippen molar-refractivity contribution in [2.24, 2.45) is 11.8 Å². The minimum Gasteiger partial charge on any atom is -0.451 e. The standard InChI is InChI=1S/C38H55NO11/c1-7-11-31(42)39-17-10-8-9-12-28-27(41)18-22(2)26(40)21-25-19-24(4)38(48-25)16-15-36(5)30(50-38)14-13-29(49-36)33-34(47-33)35(44)37(6,45)23(3)20-32(43)46-28/h8-10,17,20,22,24-25,28-30,33-35,44-45H,7,11-16,18-19,21H2,1-6H3,(H,39,42)/b9-8+,17-10-,23-20?/t22-,24-,25+,28-,29+,30?,33+,34+,35+,36+,37+,38-/m0/s1. The van der Waals surface area contributed by atoms with Crippen LogP contribution in [0, 0.1) is 11.8 Å². The maximum absolute atomic E-state index is 13.5. The summed E-state index contributed by atoms with van der Waals surface area (Å²) >= 11 is 0. The summed E-state index contributed by atoms with van der Waals surface area (Å²) in [4.78, 5) is 51.8. The van der Waals surface area contributed by atoms with Crippen LogP contribution in [0.15, 0.2) is 36.1 Å². The van der Waals surface area contributed by atoms with Crippen LogP contribution >= 0.6 is 0 Å². The number of rotatable bonds is 6. The fraction of sp³-hybridized carbons (Fsp3) is 0.737. The molecule has 1 amide bonds. The second-order valence-corrected chi connectivity index (χ2v) is 15.3. The summed E-state index contributed by atoms with van der Waals surface area (Å²) in [5.74, 6) is -2.95. The first-order valence-electron chi connectivity index (χ1n) is 18.2. The molecule has 5 bridgehead atoms. The lowest BCUT2D eigenvalue weighted by molar-refractivity contribution is -0.344. The summed E-state index contributed by atoms with van der Waals surface area (Å²) in [5, 5.41) is 25.3. The van der Waals surface area contributed by atoms with Crippen LogP contribution in [-0.4, -0.2) is 93.4 Å². The largest absolute Gasteiger partial charge is 0.451 e. The third-order valence-electron chi connectivity index (χ3n) is 11.3. The van der Waals surface area contributed by atoms with Crippen LogP contribution in [-0.2, 0) is 42.9 Å². The van der Waals surface area contributed by atoms with Gasteiger partial charge in [0.25, 0.3) is 0 Å². The van der Waals surface area contributed by atoms with Crippen molar-refractivity contribution in [3.63, 3.8) is 0 Å². The number of carbonyl (C=O) groups is 4. The van der Waals surface area contributed by atoms with Crippen LogP contribution in [0.3, 0.4) is 0 Å². The molecule has 12 nitrogen and oxygen atoms in total. The summed E-state index contributed by atoms with van der Waals surface area (Å²) < 4.78 is 31.4. The molecule has 1 spiro atoms. The molecule has 4 saturated heterocycles. The molecular formula is C38H55NO11. The Morgan fingerprint density at radius 1 is 1.02 bits per heavy atom. The number of aliphatic hydroxyl groups excluding tert-OH is 1. The van der Waals surface area contributed by atoms with Crippen LogP contribution in [0.4, 0.5) is 0 Å². The normalized spacial score (nSPS) is 42.9. The molecule has 4 fully saturated rings. The first-order valence-corrected chi connectivity index (χ1v) is 18.2. The number of esters is 1. The van der Waals surface area contributed by atoms with Crippen molar-refractivity contribution in [2.75, 3.05) is 0 Å². The van der Waals surface area contributed by atoms with E-state index in [1.807, 2.05) is 13.8 Å². The van der Waals surface area contributed by atoms with Gasteiger partial charge in [-0.05, 0) is 64.5 Å². The number of epoxide rings is 1. The molecule has 3 N–H and O–H groups in total. The van der Waals surface area contributed by atoms with Gasteiger partial charge in [-0.15, -0.1) is 0 Å². The van der Waals surface area contributed by atoms with Gasteiger partial charge in [0.15, 0.2) is 17.7 Å². The summed E-state index contributed by atoms with van der Waals surface area (Å²) in [6.07, 6.45) is 7.22. The molecule has 0 aromatic rings. The third-order valence-corrected chi connectivity index (χ3v) is 11.3. The van der Waals surface area contributed by atoms with Crippen LogP contribution in [0.5, 0.6) is 0 Å². The third kappa shape index (κ3) is 8.48. The lowest BCUT2D eigenvalue weighted by atomic mass is 9.78. The van der Waals surface area contributed by atoms with Crippen LogP contribution in [0.25, 0.3) is 0 Å². The monoisotopic (exact) mass is 701 g/mol. The fourth-order valence-corrected chi connectivity index (χ4v) is 7.79. The van der Waals surface area contributed by atoms with Gasteiger partial charge in [-0.2, -0.15) is 0 Å². The molecule has 7 aliphatic heterocycles. The summed E-state index contributed by atoms with van der Waals surface area (Å²) in [5.41, 5.74) is -2.31. The second-order valence-electron chi connectivity index (χ2n) is 15.3. The number of Topliss-reactive ketones (excluding diaryl/α,β-unsaturated/α-hetero) is 2. The molecule has 7 heterocycles. The van der Waals surface area contributed by atoms with Gasteiger partial charge in [0, 0.05) is 56.2 Å². The fourth-order valence-electron chi connectivity index (χ4n) is 7.79. The molecule has 12 heteroatoms. The van der Waals surface area contributed by atoms with E-state index in [4.69, 9.17) is 23.7 Å². The quantitative estimate of drug-likeness (QED) is 0.209. The molecule has 7 aliphatic rings. The van der Waals surface area contributed by atoms with E-state index in [1.165, 1.54) is 20.0 Å². The molecule has 0 aliphatic carbocycles. The van der Waals surface area contributed by atoms with Gasteiger partial charge in [-0.25, -0.2) is 4.79 Å². The van der Waals surface area contributed by atoms with E-state index in [0.29, 0.717) is 38.5 Å². The van der Waals surface area contributed by atoms with E-state index in [9.17, 15) is 29.4 Å². The van der Waals surface area contributed by atoms with E-state index in [2.05, 4.69) is 12.2 Å². The van der Waals surface area contributed by atoms with E-state index >= 15 is 0 Å². The predicted octanol–water partition coefficient (Wildman–Crippen LogP) is 3.91. The van der Waals surface area contributed by atoms with Crippen molar-refractivity contribution in [1.82, 2.24) is 5.32 Å². The molecule has 7 rings (SSSR count). The van der Waals surface area contributed by atoms with Crippen molar-refractivity contribution < 1.29 is 53.1 Å². The number of nitrogens with one attached hydrogen (secondary N) is 1. The maximum Gasteiger partial charge on any atom is 0.331 e. The van der Waals surface area contributed by atoms with Gasteiger partial charge in [-0.1, -0.05) is 32.9 Å². The van der Waals surface area contributed by atoms with Gasteiger partial charge in [0.1, 0.15) is 29.7 Å². The van der Waals surface area contributed by atoms with Crippen molar-refractivity contribution in [1.29, 1.82) is 0 Å². The Labute approximate surface area is 294 Å². The van der Waals surface area contributed by atoms with E-state index in [1.54, 1.807) is 25.2 Å². The topological polar surface area (TPSA) is 170 Å². The number of allylic oxidation sites excluding steroid dienone is 2. The number of fused-ring (bicyclic) bond motifs is 2. The number of hydrogen-bond acceptors (Lipinski definition) is 11. The Balaban J connectivity index is 1.36. The van der Waals surface area contributed by atoms with E-state index < -0.39 is 59.1 Å². The van der Waals surface area contributed by atoms with Crippen LogP contribution in [0.1, 0.15) is 106 Å². The van der Waals surface area contributed by atoms with E-state index in [0.717, 1.165) is 12.5 Å². The van der Waals surface area contributed by atoms with Crippen molar-refractivity contribution in [2.45, 2.75) is 165 Å². The van der Waals surface area contributed by atoms with E-state index in [-0.39, 0.29) is 60.8 Å². The minimum absolute atomic E-state index is 0.0206. The lowest BCUT2D eigenvalue weighted by Crippen LogP contribution is -2.60. The highest BCUT2D eigenvalue weighted by molar-refractivity contribution is 5.92. The number of aliphatic hydroxyl groups is 2. The van der Waals surface area contributed by atoms with Crippen LogP contribution in [0.2, 0.25) is 0 Å². The molecule has 12 atom stereocenters. The van der Waals surface area contributed by atoms with Gasteiger partial charge in [0.2, 0.25) is 5.91 Å². The average Bonchev–Trinajstić information content (AvgIpc) is 3.79. The molecule has 278 valence electrons. The molecule has 0 radical (unpaired) electrons. The molecule has 0 saturated carbocycles. The number of carbonyl (C=O) groups excluding carboxylic acids is 4. The lowest BCUT2D eigenvalue weighted by Gasteiger charge is -2.53. The highest BCUT2D eigenvalue weighted by atomic mass is 16.7. The zero-order valence-corrected chi connectivity index (χ0v) is 30.2. The number of ketones is 2. The zero-order valence-electron chi connectivity index (χ0n) is 30.2. The number of ether oxygens (including phenoxy) is 5. The summed E-state index contributed by atoms with van der Waals surface area (Å²) in [6.45, 7) is 10.6. The second kappa shape index (κ2) is 15.5. The Kier molecular flexibility index (Phi) is 11.9. The Morgan fingerprint density at radius 2 is 1.78 bits per heavy atom. The number of amides is 1. The molecule has 0 aromatic heterocycles. The minimum atomic E-state index is -1.85. The zero-order chi connectivity index (χ0) is 36.4. The summed E-state index contributed by atoms with van der Waals surface area (Å²) in [7, 11) is 0. The highest BCUT2D eigenvalue weighted by Gasteiger charge is 2.61. The first kappa shape index (κ1) is 38.5. The molecular weight excluding hydrogens is 646 g/mol. The SMILES string of the molecule is CCCC(=O)N/C=C\C=C\C[C@@H]1OC(=O)C=C(C)[C@@](C)(O)[C@H](O)[C@@H]2O[C@@H]2[C@H]2CCC3O[C@]4(CC[C@@]3(C)O2)O[C@@H](CC(=O)[C@@H](C)CC1=O)C[C@@H]4C. The van der Waals surface area contributed by atoms with Crippen molar-refractivity contribution >= 4 is 23.4 Å². The Bertz CT molecular complexity index is 1390. The van der Waals surface area contributed by atoms with Crippen LogP contribution < -0.4 is 5.32 Å². The van der Waals surface area contributed by atoms with Gasteiger partial charge in [0.05, 0.1) is 23.9 Å². The maximum atomic E-state index is 13.5. The Hall–Kier alpha value is -2.74. The van der Waals surface area contributed by atoms with Gasteiger partial charge >= 0.3 is 5.97 Å². The highest BCUT2D eigenvalue weighted by Crippen LogP contribution is 2.52. The van der Waals surface area contributed by atoms with Gasteiger partial charge < -0.3 is 39.2 Å².